The van der Waals surface area contributed by atoms with Crippen LogP contribution >= 0.6 is 0 Å². The van der Waals surface area contributed by atoms with Crippen molar-refractivity contribution < 1.29 is 33.3 Å². The number of hydrogen-bond donors (Lipinski definition) is 1. The zero-order valence-electron chi connectivity index (χ0n) is 15.2. The van der Waals surface area contributed by atoms with E-state index < -0.39 is 29.8 Å². The molecular formula is C16H29NO7. The molecule has 0 aromatic rings. The van der Waals surface area contributed by atoms with E-state index in [2.05, 4.69) is 5.32 Å². The Labute approximate surface area is 143 Å². The molecule has 8 heteroatoms. The van der Waals surface area contributed by atoms with Gasteiger partial charge in [-0.25, -0.2) is 0 Å². The molecular weight excluding hydrogens is 318 g/mol. The Hall–Kier alpha value is -1.06. The summed E-state index contributed by atoms with van der Waals surface area (Å²) in [4.78, 5) is 24.1. The molecule has 6 unspecified atom stereocenters. The van der Waals surface area contributed by atoms with Crippen molar-refractivity contribution in [2.24, 2.45) is 11.8 Å². The van der Waals surface area contributed by atoms with Gasteiger partial charge in [-0.2, -0.15) is 0 Å². The zero-order chi connectivity index (χ0) is 18.3. The fraction of sp³-hybridized carbons (Fsp3) is 0.875. The molecule has 0 aliphatic carbocycles. The molecule has 0 aromatic carbocycles. The van der Waals surface area contributed by atoms with Gasteiger partial charge >= 0.3 is 0 Å². The normalized spacial score (nSPS) is 32.8. The average molecular weight is 347 g/mol. The van der Waals surface area contributed by atoms with Gasteiger partial charge in [-0.3, -0.25) is 4.79 Å². The molecule has 8 nitrogen and oxygen atoms in total. The van der Waals surface area contributed by atoms with E-state index in [9.17, 15) is 9.59 Å². The summed E-state index contributed by atoms with van der Waals surface area (Å²) in [7, 11) is 7.49. The Morgan fingerprint density at radius 1 is 1.38 bits per heavy atom. The van der Waals surface area contributed by atoms with Crippen LogP contribution in [0.3, 0.4) is 0 Å². The highest BCUT2D eigenvalue weighted by Gasteiger charge is 2.53. The van der Waals surface area contributed by atoms with E-state index in [1.54, 1.807) is 7.11 Å². The first-order valence-corrected chi connectivity index (χ1v) is 7.89. The van der Waals surface area contributed by atoms with Crippen molar-refractivity contribution in [3.63, 3.8) is 0 Å². The van der Waals surface area contributed by atoms with Crippen molar-refractivity contribution in [1.29, 1.82) is 0 Å². The molecule has 1 aliphatic heterocycles. The first-order valence-electron chi connectivity index (χ1n) is 7.89. The third kappa shape index (κ3) is 4.12. The minimum atomic E-state index is -1.51. The largest absolute Gasteiger partial charge is 0.382 e. The predicted octanol–water partition coefficient (Wildman–Crippen LogP) is -0.00840. The molecule has 0 saturated carbocycles. The van der Waals surface area contributed by atoms with Crippen LogP contribution < -0.4 is 5.32 Å². The van der Waals surface area contributed by atoms with Crippen LogP contribution in [0.4, 0.5) is 0 Å². The number of carbonyl (C=O) groups is 2. The summed E-state index contributed by atoms with van der Waals surface area (Å²) >= 11 is 0. The molecule has 140 valence electrons. The lowest BCUT2D eigenvalue weighted by atomic mass is 9.80. The summed E-state index contributed by atoms with van der Waals surface area (Å²) in [5.74, 6) is -2.72. The molecule has 24 heavy (non-hydrogen) atoms. The van der Waals surface area contributed by atoms with Crippen LogP contribution in [0.5, 0.6) is 0 Å². The maximum absolute atomic E-state index is 12.3. The third-order valence-corrected chi connectivity index (χ3v) is 4.71. The van der Waals surface area contributed by atoms with E-state index in [-0.39, 0.29) is 25.0 Å². The van der Waals surface area contributed by atoms with Gasteiger partial charge in [0.05, 0.1) is 30.8 Å². The zero-order valence-corrected chi connectivity index (χ0v) is 15.2. The number of amides is 1. The van der Waals surface area contributed by atoms with Crippen LogP contribution in [0, 0.1) is 11.8 Å². The monoisotopic (exact) mass is 347 g/mol. The van der Waals surface area contributed by atoms with Gasteiger partial charge in [-0.1, -0.05) is 6.92 Å². The van der Waals surface area contributed by atoms with Crippen LogP contribution in [0.1, 0.15) is 13.3 Å². The maximum Gasteiger partial charge on any atom is 0.280 e. The lowest BCUT2D eigenvalue weighted by Crippen LogP contribution is -2.62. The van der Waals surface area contributed by atoms with Crippen molar-refractivity contribution in [3.8, 4) is 0 Å². The Balaban J connectivity index is 3.21. The van der Waals surface area contributed by atoms with Gasteiger partial charge in [0, 0.05) is 47.8 Å². The Bertz CT molecular complexity index is 419. The highest BCUT2D eigenvalue weighted by atomic mass is 16.7. The van der Waals surface area contributed by atoms with Gasteiger partial charge < -0.3 is 33.8 Å². The summed E-state index contributed by atoms with van der Waals surface area (Å²) in [6, 6.07) is 0. The number of carbonyl (C=O) groups excluding carboxylic acids is 2. The van der Waals surface area contributed by atoms with Gasteiger partial charge in [0.1, 0.15) is 6.29 Å². The van der Waals surface area contributed by atoms with E-state index >= 15 is 0 Å². The minimum absolute atomic E-state index is 0.146. The summed E-state index contributed by atoms with van der Waals surface area (Å²) < 4.78 is 27.5. The van der Waals surface area contributed by atoms with E-state index in [1.165, 1.54) is 28.4 Å². The maximum atomic E-state index is 12.3. The summed E-state index contributed by atoms with van der Waals surface area (Å²) in [6.45, 7) is 2.14. The van der Waals surface area contributed by atoms with Crippen molar-refractivity contribution in [1.82, 2.24) is 5.32 Å². The first-order chi connectivity index (χ1) is 11.4. The highest BCUT2D eigenvalue weighted by molar-refractivity contribution is 5.83. The highest BCUT2D eigenvalue weighted by Crippen LogP contribution is 2.38. The molecule has 6 atom stereocenters. The SMILES string of the molecule is CNC(=O)C1(OC)CC(OC)C(C)C(C(C=O)C(COC)OC)O1. The second-order valence-electron chi connectivity index (χ2n) is 5.90. The lowest BCUT2D eigenvalue weighted by molar-refractivity contribution is -0.296. The molecule has 1 heterocycles. The fourth-order valence-corrected chi connectivity index (χ4v) is 3.20. The number of ether oxygens (including phenoxy) is 5. The van der Waals surface area contributed by atoms with Crippen molar-refractivity contribution in [2.75, 3.05) is 42.1 Å². The Morgan fingerprint density at radius 3 is 2.46 bits per heavy atom. The third-order valence-electron chi connectivity index (χ3n) is 4.71. The first kappa shape index (κ1) is 21.0. The molecule has 1 rings (SSSR count). The number of methoxy groups -OCH3 is 4. The van der Waals surface area contributed by atoms with Gasteiger partial charge in [0.25, 0.3) is 11.7 Å². The molecule has 1 aliphatic rings. The van der Waals surface area contributed by atoms with Crippen molar-refractivity contribution in [2.45, 2.75) is 37.4 Å². The molecule has 0 aromatic heterocycles. The van der Waals surface area contributed by atoms with E-state index in [4.69, 9.17) is 23.7 Å². The molecule has 1 saturated heterocycles. The quantitative estimate of drug-likeness (QED) is 0.587. The van der Waals surface area contributed by atoms with E-state index in [0.29, 0.717) is 0 Å². The van der Waals surface area contributed by atoms with Crippen LogP contribution in [0.2, 0.25) is 0 Å². The molecule has 1 fully saturated rings. The summed E-state index contributed by atoms with van der Waals surface area (Å²) in [5, 5.41) is 2.54. The number of rotatable bonds is 9. The molecule has 0 spiro atoms. The second kappa shape index (κ2) is 9.43. The van der Waals surface area contributed by atoms with Crippen LogP contribution in [-0.4, -0.2) is 78.4 Å². The summed E-state index contributed by atoms with van der Waals surface area (Å²) in [5.41, 5.74) is 0. The molecule has 1 N–H and O–H groups in total. The van der Waals surface area contributed by atoms with Crippen LogP contribution in [-0.2, 0) is 33.3 Å². The van der Waals surface area contributed by atoms with E-state index in [1.807, 2.05) is 6.92 Å². The molecule has 0 radical (unpaired) electrons. The fourth-order valence-electron chi connectivity index (χ4n) is 3.20. The van der Waals surface area contributed by atoms with E-state index in [0.717, 1.165) is 6.29 Å². The van der Waals surface area contributed by atoms with Gasteiger partial charge in [-0.05, 0) is 0 Å². The van der Waals surface area contributed by atoms with Crippen LogP contribution in [0.25, 0.3) is 0 Å². The predicted molar refractivity (Wildman–Crippen MR) is 85.5 cm³/mol. The average Bonchev–Trinajstić information content (AvgIpc) is 2.62. The standard InChI is InChI=1S/C16H29NO7/c1-10-12(21-4)7-16(23-6,15(19)17-2)24-14(10)11(8-18)13(22-5)9-20-3/h8,10-14H,7,9H2,1-6H3,(H,17,19). The lowest BCUT2D eigenvalue weighted by Gasteiger charge is -2.47. The number of nitrogens with one attached hydrogen (secondary N) is 1. The topological polar surface area (TPSA) is 92.3 Å². The van der Waals surface area contributed by atoms with Crippen molar-refractivity contribution >= 4 is 12.2 Å². The molecule has 0 bridgehead atoms. The second-order valence-corrected chi connectivity index (χ2v) is 5.90. The minimum Gasteiger partial charge on any atom is -0.382 e. The van der Waals surface area contributed by atoms with Gasteiger partial charge in [0.2, 0.25) is 0 Å². The smallest absolute Gasteiger partial charge is 0.280 e. The molecule has 1 amide bonds. The number of hydrogen-bond acceptors (Lipinski definition) is 7. The number of likely N-dealkylation sites (N-methyl/N-ethyl adjacent to an activating group) is 1. The summed E-state index contributed by atoms with van der Waals surface area (Å²) in [6.07, 6.45) is -0.446. The Morgan fingerprint density at radius 2 is 2.04 bits per heavy atom. The van der Waals surface area contributed by atoms with Crippen molar-refractivity contribution in [3.05, 3.63) is 0 Å². The van der Waals surface area contributed by atoms with Gasteiger partial charge in [-0.15, -0.1) is 0 Å². The van der Waals surface area contributed by atoms with Crippen LogP contribution in [0.15, 0.2) is 0 Å². The van der Waals surface area contributed by atoms with Gasteiger partial charge in [0.15, 0.2) is 0 Å². The number of aldehydes is 1. The Kier molecular flexibility index (Phi) is 8.24.